The summed E-state index contributed by atoms with van der Waals surface area (Å²) in [6, 6.07) is 11.2. The lowest BCUT2D eigenvalue weighted by atomic mass is 10.1. The van der Waals surface area contributed by atoms with Crippen molar-refractivity contribution < 1.29 is 14.3 Å². The van der Waals surface area contributed by atoms with Crippen LogP contribution in [-0.2, 0) is 4.74 Å². The first kappa shape index (κ1) is 20.5. The number of rotatable bonds is 6. The van der Waals surface area contributed by atoms with Crippen LogP contribution in [0.15, 0.2) is 41.3 Å². The largest absolute Gasteiger partial charge is 0.494 e. The van der Waals surface area contributed by atoms with E-state index in [1.54, 1.807) is 35.9 Å². The Kier molecular flexibility index (Phi) is 6.29. The first-order valence-corrected chi connectivity index (χ1v) is 11.7. The molecule has 0 radical (unpaired) electrons. The number of methoxy groups -OCH3 is 1. The van der Waals surface area contributed by atoms with E-state index in [4.69, 9.17) is 26.1 Å². The number of hydrogen-bond acceptors (Lipinski definition) is 6. The van der Waals surface area contributed by atoms with E-state index in [-0.39, 0.29) is 12.0 Å². The highest BCUT2D eigenvalue weighted by Crippen LogP contribution is 2.39. The molecule has 152 valence electrons. The summed E-state index contributed by atoms with van der Waals surface area (Å²) in [4.78, 5) is 21.0. The molecular weight excluding hydrogens is 428 g/mol. The molecule has 1 aromatic heterocycles. The van der Waals surface area contributed by atoms with Crippen LogP contribution in [0.2, 0.25) is 5.02 Å². The number of carbonyl (C=O) groups is 1. The minimum Gasteiger partial charge on any atom is -0.494 e. The van der Waals surface area contributed by atoms with Crippen molar-refractivity contribution >= 4 is 56.0 Å². The lowest BCUT2D eigenvalue weighted by Crippen LogP contribution is -2.37. The first-order chi connectivity index (χ1) is 14.1. The van der Waals surface area contributed by atoms with Crippen molar-refractivity contribution in [3.8, 4) is 5.75 Å². The molecule has 0 aliphatic carbocycles. The van der Waals surface area contributed by atoms with Crippen molar-refractivity contribution in [2.24, 2.45) is 0 Å². The summed E-state index contributed by atoms with van der Waals surface area (Å²) in [5.41, 5.74) is 1.33. The zero-order valence-electron chi connectivity index (χ0n) is 16.2. The number of anilines is 1. The van der Waals surface area contributed by atoms with Crippen molar-refractivity contribution in [2.45, 2.75) is 23.8 Å². The minimum atomic E-state index is -0.0837. The molecule has 3 aromatic rings. The van der Waals surface area contributed by atoms with Gasteiger partial charge in [0, 0.05) is 11.5 Å². The van der Waals surface area contributed by atoms with Crippen LogP contribution in [0.5, 0.6) is 5.75 Å². The molecule has 1 atom stereocenters. The quantitative estimate of drug-likeness (QED) is 0.465. The predicted molar refractivity (Wildman–Crippen MR) is 120 cm³/mol. The second-order valence-electron chi connectivity index (χ2n) is 6.67. The Bertz CT molecular complexity index is 1030. The van der Waals surface area contributed by atoms with Gasteiger partial charge in [0.1, 0.15) is 11.3 Å². The summed E-state index contributed by atoms with van der Waals surface area (Å²) in [5, 5.41) is 1.20. The average molecular weight is 449 g/mol. The van der Waals surface area contributed by atoms with E-state index in [9.17, 15) is 4.79 Å². The Hall–Kier alpha value is -1.80. The van der Waals surface area contributed by atoms with Gasteiger partial charge in [-0.3, -0.25) is 9.69 Å². The average Bonchev–Trinajstić information content (AvgIpc) is 3.42. The topological polar surface area (TPSA) is 51.7 Å². The fourth-order valence-electron chi connectivity index (χ4n) is 3.43. The molecule has 1 amide bonds. The van der Waals surface area contributed by atoms with Crippen molar-refractivity contribution in [1.29, 1.82) is 0 Å². The molecule has 2 aromatic carbocycles. The molecule has 29 heavy (non-hydrogen) atoms. The second kappa shape index (κ2) is 8.92. The van der Waals surface area contributed by atoms with Gasteiger partial charge >= 0.3 is 0 Å². The lowest BCUT2D eigenvalue weighted by molar-refractivity contribution is 0.0915. The summed E-state index contributed by atoms with van der Waals surface area (Å²) in [6.07, 6.45) is 3.92. The number of carbonyl (C=O) groups excluding carboxylic acids is 1. The van der Waals surface area contributed by atoms with E-state index >= 15 is 0 Å². The number of thiazole rings is 1. The van der Waals surface area contributed by atoms with E-state index in [1.165, 1.54) is 11.3 Å². The van der Waals surface area contributed by atoms with Gasteiger partial charge in [0.15, 0.2) is 5.13 Å². The van der Waals surface area contributed by atoms with Crippen LogP contribution >= 0.6 is 34.7 Å². The number of thioether (sulfide) groups is 1. The van der Waals surface area contributed by atoms with Gasteiger partial charge in [-0.15, -0.1) is 11.8 Å². The van der Waals surface area contributed by atoms with Gasteiger partial charge in [-0.05, 0) is 43.4 Å². The van der Waals surface area contributed by atoms with Crippen LogP contribution in [-0.4, -0.2) is 43.5 Å². The Morgan fingerprint density at radius 1 is 1.38 bits per heavy atom. The summed E-state index contributed by atoms with van der Waals surface area (Å²) in [7, 11) is 1.60. The van der Waals surface area contributed by atoms with E-state index in [2.05, 4.69) is 0 Å². The van der Waals surface area contributed by atoms with Crippen LogP contribution in [0.25, 0.3) is 10.2 Å². The molecule has 0 N–H and O–H groups in total. The van der Waals surface area contributed by atoms with Crippen molar-refractivity contribution in [3.63, 3.8) is 0 Å². The molecule has 5 nitrogen and oxygen atoms in total. The second-order valence-corrected chi connectivity index (χ2v) is 8.91. The van der Waals surface area contributed by atoms with Crippen LogP contribution < -0.4 is 9.64 Å². The fourth-order valence-corrected chi connectivity index (χ4v) is 5.28. The van der Waals surface area contributed by atoms with Crippen LogP contribution in [0, 0.1) is 0 Å². The molecule has 1 unspecified atom stereocenters. The number of aromatic nitrogens is 1. The van der Waals surface area contributed by atoms with Gasteiger partial charge in [-0.1, -0.05) is 35.1 Å². The normalized spacial score (nSPS) is 16.3. The zero-order chi connectivity index (χ0) is 20.4. The van der Waals surface area contributed by atoms with Gasteiger partial charge in [0.2, 0.25) is 0 Å². The highest BCUT2D eigenvalue weighted by atomic mass is 35.5. The monoisotopic (exact) mass is 448 g/mol. The summed E-state index contributed by atoms with van der Waals surface area (Å²) in [5.74, 6) is 0.556. The van der Waals surface area contributed by atoms with E-state index in [0.29, 0.717) is 33.5 Å². The Balaban J connectivity index is 1.79. The van der Waals surface area contributed by atoms with E-state index in [1.807, 2.05) is 30.5 Å². The third-order valence-corrected chi connectivity index (χ3v) is 7.23. The summed E-state index contributed by atoms with van der Waals surface area (Å²) >= 11 is 9.36. The summed E-state index contributed by atoms with van der Waals surface area (Å²) in [6.45, 7) is 1.19. The smallest absolute Gasteiger partial charge is 0.261 e. The standard InChI is InChI=1S/C21H21ClN2O3S2/c1-26-16-10-9-15(22)19-18(16)23-21(29-19)24(12-13-6-5-11-27-13)20(25)14-7-3-4-8-17(14)28-2/h3-4,7-10,13H,5-6,11-12H2,1-2H3. The SMILES string of the molecule is COc1ccc(Cl)c2sc(N(CC3CCCO3)C(=O)c3ccccc3SC)nc12. The fraction of sp³-hybridized carbons (Fsp3) is 0.333. The molecule has 0 saturated carbocycles. The van der Waals surface area contributed by atoms with Crippen LogP contribution in [0.3, 0.4) is 0 Å². The molecule has 0 spiro atoms. The van der Waals surface area contributed by atoms with Crippen LogP contribution in [0.1, 0.15) is 23.2 Å². The molecule has 1 saturated heterocycles. The number of benzene rings is 2. The van der Waals surface area contributed by atoms with Gasteiger partial charge in [-0.2, -0.15) is 0 Å². The third-order valence-electron chi connectivity index (χ3n) is 4.89. The Morgan fingerprint density at radius 2 is 2.21 bits per heavy atom. The predicted octanol–water partition coefficient (Wildman–Crippen LogP) is 5.51. The number of fused-ring (bicyclic) bond motifs is 1. The molecule has 4 rings (SSSR count). The number of ether oxygens (including phenoxy) is 2. The maximum Gasteiger partial charge on any atom is 0.261 e. The number of nitrogens with zero attached hydrogens (tertiary/aromatic N) is 2. The molecule has 1 aliphatic rings. The van der Waals surface area contributed by atoms with Crippen molar-refractivity contribution in [1.82, 2.24) is 4.98 Å². The van der Waals surface area contributed by atoms with Gasteiger partial charge in [0.25, 0.3) is 5.91 Å². The molecule has 1 fully saturated rings. The highest BCUT2D eigenvalue weighted by molar-refractivity contribution is 7.98. The highest BCUT2D eigenvalue weighted by Gasteiger charge is 2.29. The Labute approximate surface area is 183 Å². The van der Waals surface area contributed by atoms with Gasteiger partial charge < -0.3 is 9.47 Å². The van der Waals surface area contributed by atoms with E-state index < -0.39 is 0 Å². The minimum absolute atomic E-state index is 0.00442. The number of amides is 1. The maximum absolute atomic E-state index is 13.6. The number of hydrogen-bond donors (Lipinski definition) is 0. The maximum atomic E-state index is 13.6. The molecule has 8 heteroatoms. The zero-order valence-corrected chi connectivity index (χ0v) is 18.6. The summed E-state index contributed by atoms with van der Waals surface area (Å²) < 4.78 is 12.1. The lowest BCUT2D eigenvalue weighted by Gasteiger charge is -2.24. The van der Waals surface area contributed by atoms with Gasteiger partial charge in [0.05, 0.1) is 35.0 Å². The van der Waals surface area contributed by atoms with E-state index in [0.717, 1.165) is 29.0 Å². The molecular formula is C21H21ClN2O3S2. The van der Waals surface area contributed by atoms with Crippen molar-refractivity contribution in [3.05, 3.63) is 47.0 Å². The molecule has 0 bridgehead atoms. The first-order valence-electron chi connectivity index (χ1n) is 9.32. The van der Waals surface area contributed by atoms with Gasteiger partial charge in [-0.25, -0.2) is 4.98 Å². The van der Waals surface area contributed by atoms with Crippen molar-refractivity contribution in [2.75, 3.05) is 31.4 Å². The third kappa shape index (κ3) is 4.10. The van der Waals surface area contributed by atoms with Crippen LogP contribution in [0.4, 0.5) is 5.13 Å². The molecule has 2 heterocycles. The Morgan fingerprint density at radius 3 is 2.93 bits per heavy atom. The molecule has 1 aliphatic heterocycles. The number of halogens is 1.